The molecule has 0 saturated heterocycles. The first kappa shape index (κ1) is 17.5. The van der Waals surface area contributed by atoms with Crippen LogP contribution in [-0.4, -0.2) is 18.0 Å². The number of nitrogens with one attached hydrogen (secondary N) is 1. The zero-order chi connectivity index (χ0) is 13.9. The van der Waals surface area contributed by atoms with Gasteiger partial charge in [-0.15, -0.1) is 12.4 Å². The lowest BCUT2D eigenvalue weighted by Gasteiger charge is -2.29. The summed E-state index contributed by atoms with van der Waals surface area (Å²) in [6.07, 6.45) is 3.63. The topological polar surface area (TPSA) is 55.1 Å². The summed E-state index contributed by atoms with van der Waals surface area (Å²) < 4.78 is 1.05. The van der Waals surface area contributed by atoms with Gasteiger partial charge in [-0.3, -0.25) is 4.79 Å². The molecular formula is C15H22BrClN2O. The number of nitrogens with two attached hydrogens (primary N) is 1. The van der Waals surface area contributed by atoms with Crippen molar-refractivity contribution in [2.45, 2.75) is 38.1 Å². The van der Waals surface area contributed by atoms with E-state index in [1.165, 1.54) is 18.4 Å². The van der Waals surface area contributed by atoms with Gasteiger partial charge in [-0.25, -0.2) is 0 Å². The minimum Gasteiger partial charge on any atom is -0.349 e. The lowest BCUT2D eigenvalue weighted by atomic mass is 9.95. The maximum Gasteiger partial charge on any atom is 0.220 e. The molecule has 1 amide bonds. The fourth-order valence-electron chi connectivity index (χ4n) is 2.37. The number of amides is 1. The molecule has 0 radical (unpaired) electrons. The second-order valence-corrected chi connectivity index (χ2v) is 6.49. The molecule has 1 aliphatic carbocycles. The van der Waals surface area contributed by atoms with Crippen LogP contribution in [0.5, 0.6) is 0 Å². The fraction of sp³-hybridized carbons (Fsp3) is 0.533. The van der Waals surface area contributed by atoms with Crippen molar-refractivity contribution >= 4 is 34.2 Å². The van der Waals surface area contributed by atoms with E-state index in [0.29, 0.717) is 18.9 Å². The number of benzene rings is 1. The van der Waals surface area contributed by atoms with Crippen LogP contribution in [0.15, 0.2) is 28.7 Å². The van der Waals surface area contributed by atoms with E-state index in [2.05, 4.69) is 34.2 Å². The van der Waals surface area contributed by atoms with Gasteiger partial charge in [0.2, 0.25) is 5.91 Å². The lowest BCUT2D eigenvalue weighted by molar-refractivity contribution is -0.123. The highest BCUT2D eigenvalue weighted by atomic mass is 79.9. The van der Waals surface area contributed by atoms with E-state index in [-0.39, 0.29) is 23.9 Å². The Kier molecular flexibility index (Phi) is 6.49. The highest BCUT2D eigenvalue weighted by molar-refractivity contribution is 9.10. The molecule has 0 bridgehead atoms. The minimum atomic E-state index is -0.214. The van der Waals surface area contributed by atoms with E-state index < -0.39 is 0 Å². The van der Waals surface area contributed by atoms with Gasteiger partial charge >= 0.3 is 0 Å². The SMILES string of the molecule is CC(CN)(NC(=O)CCc1cccc(Br)c1)C1CC1.Cl. The van der Waals surface area contributed by atoms with Crippen LogP contribution >= 0.6 is 28.3 Å². The summed E-state index contributed by atoms with van der Waals surface area (Å²) in [6.45, 7) is 2.57. The third-order valence-corrected chi connectivity index (χ3v) is 4.35. The summed E-state index contributed by atoms with van der Waals surface area (Å²) >= 11 is 3.44. The average Bonchev–Trinajstić information content (AvgIpc) is 3.21. The molecule has 1 aromatic carbocycles. The van der Waals surface area contributed by atoms with Crippen molar-refractivity contribution in [3.8, 4) is 0 Å². The summed E-state index contributed by atoms with van der Waals surface area (Å²) in [6, 6.07) is 8.07. The fourth-order valence-corrected chi connectivity index (χ4v) is 2.82. The molecule has 1 atom stereocenters. The lowest BCUT2D eigenvalue weighted by Crippen LogP contribution is -2.53. The Bertz CT molecular complexity index is 465. The van der Waals surface area contributed by atoms with E-state index in [9.17, 15) is 4.79 Å². The molecule has 1 unspecified atom stereocenters. The number of hydrogen-bond acceptors (Lipinski definition) is 2. The molecule has 0 aliphatic heterocycles. The van der Waals surface area contributed by atoms with Gasteiger partial charge in [-0.1, -0.05) is 28.1 Å². The van der Waals surface area contributed by atoms with E-state index >= 15 is 0 Å². The largest absolute Gasteiger partial charge is 0.349 e. The van der Waals surface area contributed by atoms with Crippen molar-refractivity contribution in [3.63, 3.8) is 0 Å². The first-order valence-electron chi connectivity index (χ1n) is 6.79. The van der Waals surface area contributed by atoms with Crippen LogP contribution in [-0.2, 0) is 11.2 Å². The van der Waals surface area contributed by atoms with Gasteiger partial charge in [0.25, 0.3) is 0 Å². The molecule has 2 rings (SSSR count). The smallest absolute Gasteiger partial charge is 0.220 e. The Balaban J connectivity index is 0.00000200. The molecular weight excluding hydrogens is 340 g/mol. The van der Waals surface area contributed by atoms with Crippen LogP contribution in [0.3, 0.4) is 0 Å². The van der Waals surface area contributed by atoms with Gasteiger partial charge in [-0.05, 0) is 49.8 Å². The van der Waals surface area contributed by atoms with E-state index in [4.69, 9.17) is 5.73 Å². The van der Waals surface area contributed by atoms with E-state index in [0.717, 1.165) is 10.9 Å². The number of halogens is 2. The van der Waals surface area contributed by atoms with Crippen molar-refractivity contribution in [1.82, 2.24) is 5.32 Å². The van der Waals surface area contributed by atoms with Crippen molar-refractivity contribution in [3.05, 3.63) is 34.3 Å². The van der Waals surface area contributed by atoms with Crippen LogP contribution in [0, 0.1) is 5.92 Å². The molecule has 3 N–H and O–H groups in total. The van der Waals surface area contributed by atoms with Crippen molar-refractivity contribution < 1.29 is 4.79 Å². The quantitative estimate of drug-likeness (QED) is 0.818. The van der Waals surface area contributed by atoms with Gasteiger partial charge in [0.05, 0.1) is 5.54 Å². The van der Waals surface area contributed by atoms with Crippen LogP contribution < -0.4 is 11.1 Å². The summed E-state index contributed by atoms with van der Waals surface area (Å²) in [4.78, 5) is 12.0. The van der Waals surface area contributed by atoms with Crippen molar-refractivity contribution in [2.24, 2.45) is 11.7 Å². The first-order chi connectivity index (χ1) is 9.03. The monoisotopic (exact) mass is 360 g/mol. The Labute approximate surface area is 135 Å². The third kappa shape index (κ3) is 4.76. The second-order valence-electron chi connectivity index (χ2n) is 5.57. The summed E-state index contributed by atoms with van der Waals surface area (Å²) in [5, 5.41) is 3.11. The predicted octanol–water partition coefficient (Wildman–Crippen LogP) is 3.05. The van der Waals surface area contributed by atoms with Crippen LogP contribution in [0.4, 0.5) is 0 Å². The van der Waals surface area contributed by atoms with Crippen LogP contribution in [0.2, 0.25) is 0 Å². The zero-order valence-corrected chi connectivity index (χ0v) is 14.1. The maximum atomic E-state index is 12.0. The molecule has 0 heterocycles. The molecule has 1 aliphatic rings. The number of carbonyl (C=O) groups is 1. The molecule has 112 valence electrons. The zero-order valence-electron chi connectivity index (χ0n) is 11.7. The van der Waals surface area contributed by atoms with Gasteiger partial charge in [0.1, 0.15) is 0 Å². The van der Waals surface area contributed by atoms with Gasteiger partial charge < -0.3 is 11.1 Å². The minimum absolute atomic E-state index is 0. The molecule has 0 spiro atoms. The Morgan fingerprint density at radius 3 is 2.75 bits per heavy atom. The Morgan fingerprint density at radius 1 is 1.50 bits per heavy atom. The standard InChI is InChI=1S/C15H21BrN2O.ClH/c1-15(10-17,12-6-7-12)18-14(19)8-5-11-3-2-4-13(16)9-11;/h2-4,9,12H,5-8,10,17H2,1H3,(H,18,19);1H. The highest BCUT2D eigenvalue weighted by Crippen LogP contribution is 2.38. The number of aryl methyl sites for hydroxylation is 1. The Hall–Kier alpha value is -0.580. The number of rotatable bonds is 6. The van der Waals surface area contributed by atoms with Gasteiger partial charge in [0, 0.05) is 17.4 Å². The normalized spacial score (nSPS) is 16.9. The maximum absolute atomic E-state index is 12.0. The predicted molar refractivity (Wildman–Crippen MR) is 88.0 cm³/mol. The van der Waals surface area contributed by atoms with Crippen molar-refractivity contribution in [1.29, 1.82) is 0 Å². The highest BCUT2D eigenvalue weighted by Gasteiger charge is 2.41. The van der Waals surface area contributed by atoms with E-state index in [1.807, 2.05) is 18.2 Å². The summed E-state index contributed by atoms with van der Waals surface area (Å²) in [7, 11) is 0. The van der Waals surface area contributed by atoms with E-state index in [1.54, 1.807) is 0 Å². The Morgan fingerprint density at radius 2 is 2.20 bits per heavy atom. The molecule has 5 heteroatoms. The molecule has 3 nitrogen and oxygen atoms in total. The molecule has 1 saturated carbocycles. The van der Waals surface area contributed by atoms with Gasteiger partial charge in [0.15, 0.2) is 0 Å². The van der Waals surface area contributed by atoms with Crippen molar-refractivity contribution in [2.75, 3.05) is 6.54 Å². The number of carbonyl (C=O) groups excluding carboxylic acids is 1. The number of hydrogen-bond donors (Lipinski definition) is 2. The first-order valence-corrected chi connectivity index (χ1v) is 7.58. The summed E-state index contributed by atoms with van der Waals surface area (Å²) in [5.74, 6) is 0.659. The molecule has 1 aromatic rings. The third-order valence-electron chi connectivity index (χ3n) is 3.86. The van der Waals surface area contributed by atoms with Gasteiger partial charge in [-0.2, -0.15) is 0 Å². The second kappa shape index (κ2) is 7.43. The molecule has 20 heavy (non-hydrogen) atoms. The van der Waals surface area contributed by atoms with Crippen LogP contribution in [0.25, 0.3) is 0 Å². The molecule has 0 aromatic heterocycles. The molecule has 1 fully saturated rings. The summed E-state index contributed by atoms with van der Waals surface area (Å²) in [5.41, 5.74) is 6.76. The average molecular weight is 362 g/mol. The van der Waals surface area contributed by atoms with Crippen LogP contribution in [0.1, 0.15) is 31.7 Å².